The maximum absolute atomic E-state index is 8.53. The summed E-state index contributed by atoms with van der Waals surface area (Å²) in [5, 5.41) is 21.2. The molecule has 3 heterocycles. The first-order valence-corrected chi connectivity index (χ1v) is 9.15. The molecule has 5 N–H and O–H groups in total. The molecule has 1 aromatic heterocycles. The minimum absolute atomic E-state index is 0.0378. The number of halogens is 2. The van der Waals surface area contributed by atoms with Gasteiger partial charge in [-0.1, -0.05) is 23.2 Å². The number of nitrogens with zero attached hydrogens (tertiary/aromatic N) is 2. The van der Waals surface area contributed by atoms with Gasteiger partial charge < -0.3 is 9.88 Å². The largest absolute Gasteiger partial charge is 0.317 e. The van der Waals surface area contributed by atoms with Gasteiger partial charge in [-0.05, 0) is 50.0 Å². The van der Waals surface area contributed by atoms with E-state index in [2.05, 4.69) is 16.3 Å². The summed E-state index contributed by atoms with van der Waals surface area (Å²) in [6.07, 6.45) is 2.09. The van der Waals surface area contributed by atoms with Crippen LogP contribution in [0, 0.1) is 16.7 Å². The predicted molar refractivity (Wildman–Crippen MR) is 99.4 cm³/mol. The van der Waals surface area contributed by atoms with Crippen LogP contribution >= 0.6 is 23.2 Å². The highest BCUT2D eigenvalue weighted by molar-refractivity contribution is 6.42. The smallest absolute Gasteiger partial charge is 0.182 e. The Hall–Kier alpha value is -2.00. The van der Waals surface area contributed by atoms with Crippen molar-refractivity contribution in [2.45, 2.75) is 19.4 Å². The zero-order valence-electron chi connectivity index (χ0n) is 13.9. The number of anilines is 2. The van der Waals surface area contributed by atoms with Crippen molar-refractivity contribution in [3.63, 3.8) is 0 Å². The van der Waals surface area contributed by atoms with Crippen LogP contribution in [-0.4, -0.2) is 22.2 Å². The molecular formula is C16H19Cl2N7O. The highest BCUT2D eigenvalue weighted by Gasteiger charge is 2.24. The number of nitrogens with one attached hydrogen (secondary N) is 5. The summed E-state index contributed by atoms with van der Waals surface area (Å²) >= 11 is 12.1. The van der Waals surface area contributed by atoms with E-state index in [-0.39, 0.29) is 11.0 Å². The van der Waals surface area contributed by atoms with E-state index in [0.717, 1.165) is 25.9 Å². The van der Waals surface area contributed by atoms with Crippen LogP contribution < -0.4 is 27.3 Å². The SMILES string of the molecule is N=c1c(=N)n(-c2ccc(Cl)c(Cl)c2)c2c(n1CC1CCNCC1)NON2. The summed E-state index contributed by atoms with van der Waals surface area (Å²) in [6.45, 7) is 2.62. The highest BCUT2D eigenvalue weighted by Crippen LogP contribution is 2.30. The van der Waals surface area contributed by atoms with Gasteiger partial charge in [-0.25, -0.2) is 11.0 Å². The van der Waals surface area contributed by atoms with Crippen molar-refractivity contribution >= 4 is 34.8 Å². The molecule has 1 fully saturated rings. The molecule has 26 heavy (non-hydrogen) atoms. The Kier molecular flexibility index (Phi) is 4.66. The number of piperidine rings is 1. The van der Waals surface area contributed by atoms with Crippen molar-refractivity contribution in [1.29, 1.82) is 10.8 Å². The van der Waals surface area contributed by atoms with Crippen molar-refractivity contribution in [3.8, 4) is 5.69 Å². The predicted octanol–water partition coefficient (Wildman–Crippen LogP) is 2.23. The minimum atomic E-state index is 0.0378. The van der Waals surface area contributed by atoms with Gasteiger partial charge in [0.15, 0.2) is 22.6 Å². The van der Waals surface area contributed by atoms with E-state index in [1.165, 1.54) is 0 Å². The first kappa shape index (κ1) is 17.4. The Labute approximate surface area is 159 Å². The maximum atomic E-state index is 8.53. The van der Waals surface area contributed by atoms with Crippen molar-refractivity contribution in [3.05, 3.63) is 39.2 Å². The zero-order chi connectivity index (χ0) is 18.3. The lowest BCUT2D eigenvalue weighted by molar-refractivity contribution is 0.275. The van der Waals surface area contributed by atoms with Crippen LogP contribution in [0.3, 0.4) is 0 Å². The van der Waals surface area contributed by atoms with Gasteiger partial charge in [-0.15, -0.1) is 0 Å². The fourth-order valence-electron chi connectivity index (χ4n) is 3.40. The fourth-order valence-corrected chi connectivity index (χ4v) is 3.69. The molecule has 0 aliphatic carbocycles. The number of aromatic nitrogens is 2. The number of rotatable bonds is 3. The molecule has 0 radical (unpaired) electrons. The van der Waals surface area contributed by atoms with E-state index in [4.69, 9.17) is 39.0 Å². The van der Waals surface area contributed by atoms with Gasteiger partial charge in [-0.3, -0.25) is 15.4 Å². The maximum Gasteiger partial charge on any atom is 0.182 e. The quantitative estimate of drug-likeness (QED) is 0.549. The number of benzene rings is 1. The second kappa shape index (κ2) is 6.96. The molecule has 0 unspecified atom stereocenters. The van der Waals surface area contributed by atoms with Crippen molar-refractivity contribution < 1.29 is 4.94 Å². The molecule has 4 rings (SSSR count). The van der Waals surface area contributed by atoms with Crippen LogP contribution in [0.25, 0.3) is 5.69 Å². The lowest BCUT2D eigenvalue weighted by atomic mass is 9.98. The molecule has 0 bridgehead atoms. The Morgan fingerprint density at radius 1 is 1.04 bits per heavy atom. The number of fused-ring (bicyclic) bond motifs is 1. The average molecular weight is 396 g/mol. The van der Waals surface area contributed by atoms with Gasteiger partial charge in [0.1, 0.15) is 0 Å². The van der Waals surface area contributed by atoms with Gasteiger partial charge in [0.05, 0.1) is 15.7 Å². The van der Waals surface area contributed by atoms with E-state index in [1.54, 1.807) is 27.3 Å². The Morgan fingerprint density at radius 3 is 2.50 bits per heavy atom. The average Bonchev–Trinajstić information content (AvgIpc) is 3.12. The normalized spacial score (nSPS) is 16.8. The van der Waals surface area contributed by atoms with Crippen molar-refractivity contribution in [1.82, 2.24) is 14.5 Å². The van der Waals surface area contributed by atoms with Crippen molar-refractivity contribution in [2.75, 3.05) is 24.0 Å². The Morgan fingerprint density at radius 2 is 1.77 bits per heavy atom. The van der Waals surface area contributed by atoms with E-state index >= 15 is 0 Å². The molecule has 0 spiro atoms. The standard InChI is InChI=1S/C16H19Cl2N7O/c17-11-2-1-10(7-12(11)18)25-14(20)13(19)24(15-16(25)23-26-22-15)8-9-3-5-21-6-4-9/h1-2,7,9,19-23H,3-6,8H2. The van der Waals surface area contributed by atoms with Gasteiger partial charge >= 0.3 is 0 Å². The van der Waals surface area contributed by atoms with E-state index < -0.39 is 0 Å². The summed E-state index contributed by atoms with van der Waals surface area (Å²) in [4.78, 5) is 5.19. The van der Waals surface area contributed by atoms with Gasteiger partial charge in [-0.2, -0.15) is 4.94 Å². The molecule has 0 atom stereocenters. The molecule has 10 heteroatoms. The second-order valence-corrected chi connectivity index (χ2v) is 7.25. The van der Waals surface area contributed by atoms with Gasteiger partial charge in [0.2, 0.25) is 0 Å². The molecule has 0 amide bonds. The minimum Gasteiger partial charge on any atom is -0.317 e. The Balaban J connectivity index is 1.84. The van der Waals surface area contributed by atoms with Gasteiger partial charge in [0, 0.05) is 6.54 Å². The Bertz CT molecular complexity index is 962. The lowest BCUT2D eigenvalue weighted by Crippen LogP contribution is -2.43. The molecule has 1 saturated heterocycles. The fraction of sp³-hybridized carbons (Fsp3) is 0.375. The van der Waals surface area contributed by atoms with Crippen LogP contribution in [0.1, 0.15) is 12.8 Å². The summed E-state index contributed by atoms with van der Waals surface area (Å²) in [5.41, 5.74) is 6.37. The summed E-state index contributed by atoms with van der Waals surface area (Å²) in [6, 6.07) is 5.09. The second-order valence-electron chi connectivity index (χ2n) is 6.44. The van der Waals surface area contributed by atoms with Gasteiger partial charge in [0.25, 0.3) is 0 Å². The van der Waals surface area contributed by atoms with Crippen LogP contribution in [0.15, 0.2) is 18.2 Å². The van der Waals surface area contributed by atoms with E-state index in [9.17, 15) is 0 Å². The molecule has 1 aromatic carbocycles. The molecular weight excluding hydrogens is 377 g/mol. The molecule has 2 aliphatic heterocycles. The van der Waals surface area contributed by atoms with E-state index in [0.29, 0.717) is 39.8 Å². The number of hydrogen-bond acceptors (Lipinski definition) is 6. The van der Waals surface area contributed by atoms with Crippen LogP contribution in [0.2, 0.25) is 10.0 Å². The first-order valence-electron chi connectivity index (χ1n) is 8.39. The third-order valence-electron chi connectivity index (χ3n) is 4.79. The monoisotopic (exact) mass is 395 g/mol. The third-order valence-corrected chi connectivity index (χ3v) is 5.53. The molecule has 8 nitrogen and oxygen atoms in total. The summed E-state index contributed by atoms with van der Waals surface area (Å²) in [5.74, 6) is 1.63. The van der Waals surface area contributed by atoms with Crippen LogP contribution in [0.4, 0.5) is 11.6 Å². The first-order chi connectivity index (χ1) is 12.6. The van der Waals surface area contributed by atoms with Crippen LogP contribution in [-0.2, 0) is 11.5 Å². The number of hydrogen-bond donors (Lipinski definition) is 5. The molecule has 0 saturated carbocycles. The summed E-state index contributed by atoms with van der Waals surface area (Å²) in [7, 11) is 0. The third kappa shape index (κ3) is 2.99. The highest BCUT2D eigenvalue weighted by atomic mass is 35.5. The summed E-state index contributed by atoms with van der Waals surface area (Å²) < 4.78 is 3.38. The molecule has 138 valence electrons. The lowest BCUT2D eigenvalue weighted by Gasteiger charge is -2.25. The zero-order valence-corrected chi connectivity index (χ0v) is 15.4. The van der Waals surface area contributed by atoms with E-state index in [1.807, 2.05) is 0 Å². The van der Waals surface area contributed by atoms with Crippen LogP contribution in [0.5, 0.6) is 0 Å². The van der Waals surface area contributed by atoms with Crippen molar-refractivity contribution in [2.24, 2.45) is 5.92 Å². The topological polar surface area (TPSA) is 103 Å². The molecule has 2 aromatic rings. The molecule has 2 aliphatic rings.